The van der Waals surface area contributed by atoms with Gasteiger partial charge in [0.15, 0.2) is 17.1 Å². The number of hydrogen-bond acceptors (Lipinski definition) is 6. The Morgan fingerprint density at radius 2 is 2.03 bits per heavy atom. The summed E-state index contributed by atoms with van der Waals surface area (Å²) in [5.74, 6) is 0.291. The van der Waals surface area contributed by atoms with E-state index in [1.165, 1.54) is 5.69 Å². The zero-order chi connectivity index (χ0) is 21.1. The average molecular weight is 472 g/mol. The molecule has 4 rings (SSSR count). The van der Waals surface area contributed by atoms with Crippen LogP contribution in [0.3, 0.4) is 0 Å². The van der Waals surface area contributed by atoms with Gasteiger partial charge in [0.2, 0.25) is 0 Å². The zero-order valence-corrected chi connectivity index (χ0v) is 18.4. The van der Waals surface area contributed by atoms with E-state index in [-0.39, 0.29) is 5.76 Å². The topological polar surface area (TPSA) is 76.3 Å². The molecule has 0 saturated carbocycles. The number of morpholine rings is 1. The van der Waals surface area contributed by atoms with E-state index in [0.717, 1.165) is 47.3 Å². The number of anilines is 1. The van der Waals surface area contributed by atoms with E-state index in [1.807, 2.05) is 19.1 Å². The molecule has 7 nitrogen and oxygen atoms in total. The van der Waals surface area contributed by atoms with Gasteiger partial charge in [-0.3, -0.25) is 4.79 Å². The monoisotopic (exact) mass is 471 g/mol. The third kappa shape index (κ3) is 4.34. The molecule has 0 radical (unpaired) electrons. The summed E-state index contributed by atoms with van der Waals surface area (Å²) in [5, 5.41) is 4.86. The van der Waals surface area contributed by atoms with Gasteiger partial charge >= 0.3 is 5.91 Å². The van der Waals surface area contributed by atoms with Crippen LogP contribution in [0.2, 0.25) is 0 Å². The van der Waals surface area contributed by atoms with Crippen LogP contribution in [0.1, 0.15) is 21.7 Å². The van der Waals surface area contributed by atoms with Crippen LogP contribution in [0.4, 0.5) is 5.69 Å². The predicted molar refractivity (Wildman–Crippen MR) is 120 cm³/mol. The number of fused-ring (bicyclic) bond motifs is 1. The highest BCUT2D eigenvalue weighted by molar-refractivity contribution is 9.10. The lowest BCUT2D eigenvalue weighted by Crippen LogP contribution is -2.36. The normalized spacial score (nSPS) is 14.4. The van der Waals surface area contributed by atoms with E-state index in [9.17, 15) is 4.79 Å². The van der Waals surface area contributed by atoms with Gasteiger partial charge in [-0.15, -0.1) is 0 Å². The second kappa shape index (κ2) is 8.89. The molecule has 1 N–H and O–H groups in total. The molecule has 156 valence electrons. The van der Waals surface area contributed by atoms with Gasteiger partial charge in [0, 0.05) is 28.6 Å². The molecule has 2 aromatic carbocycles. The molecule has 1 aliphatic rings. The highest BCUT2D eigenvalue weighted by atomic mass is 79.9. The molecule has 1 amide bonds. The molecule has 0 bridgehead atoms. The van der Waals surface area contributed by atoms with E-state index in [4.69, 9.17) is 13.9 Å². The fraction of sp³-hybridized carbons (Fsp3) is 0.273. The molecular weight excluding hydrogens is 450 g/mol. The lowest BCUT2D eigenvalue weighted by Gasteiger charge is -2.29. The number of methoxy groups -OCH3 is 1. The van der Waals surface area contributed by atoms with E-state index < -0.39 is 5.91 Å². The van der Waals surface area contributed by atoms with Gasteiger partial charge in [0.1, 0.15) is 0 Å². The molecule has 0 unspecified atom stereocenters. The molecule has 0 spiro atoms. The minimum Gasteiger partial charge on any atom is -0.493 e. The van der Waals surface area contributed by atoms with Crippen molar-refractivity contribution in [2.24, 2.45) is 5.10 Å². The number of nitrogens with zero attached hydrogens (tertiary/aromatic N) is 2. The number of hydrogen-bond donors (Lipinski definition) is 1. The lowest BCUT2D eigenvalue weighted by atomic mass is 10.1. The van der Waals surface area contributed by atoms with Crippen molar-refractivity contribution >= 4 is 44.7 Å². The Morgan fingerprint density at radius 3 is 2.77 bits per heavy atom. The summed E-state index contributed by atoms with van der Waals surface area (Å²) in [5.41, 5.74) is 6.22. The van der Waals surface area contributed by atoms with Crippen LogP contribution in [0.5, 0.6) is 5.75 Å². The van der Waals surface area contributed by atoms with Gasteiger partial charge in [0.05, 0.1) is 26.5 Å². The summed E-state index contributed by atoms with van der Waals surface area (Å²) in [4.78, 5) is 14.7. The second-order valence-electron chi connectivity index (χ2n) is 6.98. The summed E-state index contributed by atoms with van der Waals surface area (Å²) in [6, 6.07) is 11.5. The molecule has 30 heavy (non-hydrogen) atoms. The summed E-state index contributed by atoms with van der Waals surface area (Å²) < 4.78 is 17.2. The van der Waals surface area contributed by atoms with E-state index >= 15 is 0 Å². The van der Waals surface area contributed by atoms with Gasteiger partial charge in [-0.2, -0.15) is 5.10 Å². The molecule has 1 aromatic heterocycles. The minimum absolute atomic E-state index is 0.165. The van der Waals surface area contributed by atoms with Crippen LogP contribution in [0, 0.1) is 6.92 Å². The maximum atomic E-state index is 12.4. The number of hydrazone groups is 1. The second-order valence-corrected chi connectivity index (χ2v) is 7.89. The van der Waals surface area contributed by atoms with Crippen molar-refractivity contribution in [1.29, 1.82) is 0 Å². The minimum atomic E-state index is -0.428. The number of ether oxygens (including phenoxy) is 2. The Balaban J connectivity index is 1.45. The third-order valence-electron chi connectivity index (χ3n) is 4.99. The Labute approximate surface area is 182 Å². The maximum absolute atomic E-state index is 12.4. The predicted octanol–water partition coefficient (Wildman–Crippen LogP) is 4.11. The summed E-state index contributed by atoms with van der Waals surface area (Å²) in [6.45, 7) is 5.30. The van der Waals surface area contributed by atoms with Crippen molar-refractivity contribution in [2.45, 2.75) is 6.92 Å². The van der Waals surface area contributed by atoms with Crippen LogP contribution in [0.15, 0.2) is 50.4 Å². The molecular formula is C22H22BrN3O4. The Kier molecular flexibility index (Phi) is 6.06. The Bertz CT molecular complexity index is 1100. The van der Waals surface area contributed by atoms with Crippen molar-refractivity contribution in [3.05, 3.63) is 57.8 Å². The van der Waals surface area contributed by atoms with Crippen molar-refractivity contribution in [3.63, 3.8) is 0 Å². The van der Waals surface area contributed by atoms with E-state index in [2.05, 4.69) is 43.5 Å². The first-order chi connectivity index (χ1) is 14.5. The van der Waals surface area contributed by atoms with Gasteiger partial charge in [0.25, 0.3) is 0 Å². The number of amides is 1. The molecule has 0 atom stereocenters. The van der Waals surface area contributed by atoms with E-state index in [1.54, 1.807) is 25.5 Å². The van der Waals surface area contributed by atoms with Crippen LogP contribution in [-0.4, -0.2) is 45.5 Å². The number of nitrogens with one attached hydrogen (secondary N) is 1. The largest absolute Gasteiger partial charge is 0.493 e. The summed E-state index contributed by atoms with van der Waals surface area (Å²) in [6.07, 6.45) is 1.64. The van der Waals surface area contributed by atoms with Gasteiger partial charge in [-0.25, -0.2) is 5.43 Å². The van der Waals surface area contributed by atoms with Crippen molar-refractivity contribution in [2.75, 3.05) is 38.3 Å². The smallest absolute Gasteiger partial charge is 0.307 e. The zero-order valence-electron chi connectivity index (χ0n) is 16.8. The summed E-state index contributed by atoms with van der Waals surface area (Å²) >= 11 is 3.42. The van der Waals surface area contributed by atoms with Gasteiger partial charge in [-0.05, 0) is 48.4 Å². The first-order valence-electron chi connectivity index (χ1n) is 9.59. The van der Waals surface area contributed by atoms with Crippen molar-refractivity contribution in [3.8, 4) is 5.75 Å². The molecule has 1 aliphatic heterocycles. The molecule has 1 fully saturated rings. The number of carbonyl (C=O) groups is 1. The molecule has 3 aromatic rings. The summed E-state index contributed by atoms with van der Waals surface area (Å²) in [7, 11) is 1.56. The number of benzene rings is 2. The highest BCUT2D eigenvalue weighted by Gasteiger charge is 2.16. The quantitative estimate of drug-likeness (QED) is 0.447. The number of furan rings is 1. The number of halogens is 1. The number of carbonyl (C=O) groups excluding carboxylic acids is 1. The Morgan fingerprint density at radius 1 is 1.23 bits per heavy atom. The maximum Gasteiger partial charge on any atom is 0.307 e. The van der Waals surface area contributed by atoms with Crippen molar-refractivity contribution < 1.29 is 18.7 Å². The van der Waals surface area contributed by atoms with Crippen LogP contribution in [0.25, 0.3) is 11.0 Å². The molecule has 2 heterocycles. The fourth-order valence-corrected chi connectivity index (χ4v) is 3.84. The number of aryl methyl sites for hydroxylation is 1. The first kappa shape index (κ1) is 20.4. The number of rotatable bonds is 5. The molecule has 8 heteroatoms. The first-order valence-corrected chi connectivity index (χ1v) is 10.4. The fourth-order valence-electron chi connectivity index (χ4n) is 3.39. The van der Waals surface area contributed by atoms with Crippen molar-refractivity contribution in [1.82, 2.24) is 5.43 Å². The third-order valence-corrected chi connectivity index (χ3v) is 5.45. The lowest BCUT2D eigenvalue weighted by molar-refractivity contribution is 0.0929. The van der Waals surface area contributed by atoms with Gasteiger partial charge < -0.3 is 18.8 Å². The highest BCUT2D eigenvalue weighted by Crippen LogP contribution is 2.32. The van der Waals surface area contributed by atoms with Crippen LogP contribution >= 0.6 is 15.9 Å². The van der Waals surface area contributed by atoms with Crippen LogP contribution in [-0.2, 0) is 4.74 Å². The van der Waals surface area contributed by atoms with Gasteiger partial charge in [-0.1, -0.05) is 22.0 Å². The molecule has 0 aliphatic carbocycles. The standard InChI is InChI=1S/C22H22BrN3O4/c1-14-9-18(26-5-7-29-8-6-26)4-3-15(14)13-24-25-22(27)20-11-16-10-17(23)12-19(28-2)21(16)30-20/h3-4,9-13H,5-8H2,1-2H3,(H,25,27)/b24-13-. The van der Waals surface area contributed by atoms with E-state index in [0.29, 0.717) is 11.3 Å². The molecule has 1 saturated heterocycles. The SMILES string of the molecule is COc1cc(Br)cc2cc(C(=O)N/N=C\c3ccc(N4CCOCC4)cc3C)oc12. The van der Waals surface area contributed by atoms with Crippen LogP contribution < -0.4 is 15.1 Å². The average Bonchev–Trinajstić information content (AvgIpc) is 3.19. The Hall–Kier alpha value is -2.84.